The number of ether oxygens (including phenoxy) is 1. The van der Waals surface area contributed by atoms with Crippen molar-refractivity contribution < 1.29 is 23.8 Å². The number of anilines is 3. The Bertz CT molecular complexity index is 1650. The summed E-state index contributed by atoms with van der Waals surface area (Å²) in [5.41, 5.74) is -0.209. The number of hydrogen-bond donors (Lipinski definition) is 3. The topological polar surface area (TPSA) is 169 Å². The minimum atomic E-state index is -0.759. The smallest absolute Gasteiger partial charge is 0.415 e. The highest BCUT2D eigenvalue weighted by molar-refractivity contribution is 6.00. The normalized spacial score (nSPS) is 16.9. The molecule has 4 heterocycles. The summed E-state index contributed by atoms with van der Waals surface area (Å²) in [6.45, 7) is 6.98. The first-order chi connectivity index (χ1) is 18.9. The minimum Gasteiger partial charge on any atom is -0.443 e. The summed E-state index contributed by atoms with van der Waals surface area (Å²) < 4.78 is 13.5. The Labute approximate surface area is 228 Å². The summed E-state index contributed by atoms with van der Waals surface area (Å²) in [6.07, 6.45) is 4.28. The molecule has 1 aliphatic carbocycles. The maximum absolute atomic E-state index is 13.2. The summed E-state index contributed by atoms with van der Waals surface area (Å²) in [5.74, 6) is -0.0887. The van der Waals surface area contributed by atoms with E-state index in [1.807, 2.05) is 0 Å². The van der Waals surface area contributed by atoms with Gasteiger partial charge in [-0.3, -0.25) is 14.5 Å². The van der Waals surface area contributed by atoms with Gasteiger partial charge in [0.05, 0.1) is 24.0 Å². The Balaban J connectivity index is 1.56. The molecule has 4 aromatic rings. The summed E-state index contributed by atoms with van der Waals surface area (Å²) in [4.78, 5) is 49.2. The van der Waals surface area contributed by atoms with E-state index in [1.54, 1.807) is 39.8 Å². The zero-order chi connectivity index (χ0) is 28.8. The van der Waals surface area contributed by atoms with E-state index in [-0.39, 0.29) is 40.6 Å². The van der Waals surface area contributed by atoms with E-state index in [0.717, 1.165) is 0 Å². The van der Waals surface area contributed by atoms with Gasteiger partial charge in [0, 0.05) is 19.3 Å². The number of aromatic nitrogens is 5. The highest BCUT2D eigenvalue weighted by atomic mass is 16.6. The van der Waals surface area contributed by atoms with Gasteiger partial charge in [0.25, 0.3) is 11.5 Å². The molecule has 2 atom stereocenters. The quantitative estimate of drug-likeness (QED) is 0.324. The van der Waals surface area contributed by atoms with Crippen LogP contribution in [0.2, 0.25) is 0 Å². The van der Waals surface area contributed by atoms with E-state index >= 15 is 0 Å². The molecule has 14 nitrogen and oxygen atoms in total. The van der Waals surface area contributed by atoms with E-state index in [4.69, 9.17) is 9.15 Å². The number of carbonyl (C=O) groups excluding carboxylic acids is 2. The molecule has 14 heteroatoms. The Morgan fingerprint density at radius 2 is 2.02 bits per heavy atom. The van der Waals surface area contributed by atoms with Crippen molar-refractivity contribution in [2.45, 2.75) is 58.3 Å². The van der Waals surface area contributed by atoms with Crippen LogP contribution in [0.5, 0.6) is 0 Å². The molecule has 2 amide bonds. The molecule has 0 radical (unpaired) electrons. The molecule has 40 heavy (non-hydrogen) atoms. The fourth-order valence-electron chi connectivity index (χ4n) is 4.06. The lowest BCUT2D eigenvalue weighted by atomic mass is 9.89. The number of hydrogen-bond acceptors (Lipinski definition) is 10. The second-order valence-corrected chi connectivity index (χ2v) is 10.6. The van der Waals surface area contributed by atoms with Crippen LogP contribution < -0.4 is 21.1 Å². The maximum atomic E-state index is 13.2. The van der Waals surface area contributed by atoms with Crippen LogP contribution in [0.15, 0.2) is 46.1 Å². The molecule has 0 aromatic carbocycles. The first kappa shape index (κ1) is 26.9. The SMILES string of the molecule is Cc1coc(-n2cccc(Nc3cc(N(C)C(=O)OC(C)(C)C)n4ncc(C(=O)N[C@@H]5CC[C@H]5O)c4n3)c2=O)n1. The first-order valence-corrected chi connectivity index (χ1v) is 12.7. The molecule has 1 saturated carbocycles. The van der Waals surface area contributed by atoms with Gasteiger partial charge in [-0.05, 0) is 52.7 Å². The Hall–Kier alpha value is -4.72. The third kappa shape index (κ3) is 5.25. The number of nitrogens with one attached hydrogen (secondary N) is 2. The molecule has 4 aromatic heterocycles. The number of oxazole rings is 1. The second-order valence-electron chi connectivity index (χ2n) is 10.6. The van der Waals surface area contributed by atoms with Gasteiger partial charge in [0.15, 0.2) is 5.65 Å². The average molecular weight is 551 g/mol. The van der Waals surface area contributed by atoms with E-state index in [0.29, 0.717) is 18.5 Å². The van der Waals surface area contributed by atoms with Crippen molar-refractivity contribution in [1.29, 1.82) is 0 Å². The van der Waals surface area contributed by atoms with Gasteiger partial charge in [-0.25, -0.2) is 14.3 Å². The number of nitrogens with zero attached hydrogens (tertiary/aromatic N) is 6. The molecule has 0 unspecified atom stereocenters. The first-order valence-electron chi connectivity index (χ1n) is 12.7. The van der Waals surface area contributed by atoms with E-state index in [9.17, 15) is 19.5 Å². The lowest BCUT2D eigenvalue weighted by molar-refractivity contribution is 0.0448. The average Bonchev–Trinajstić information content (AvgIpc) is 3.52. The Kier molecular flexibility index (Phi) is 6.79. The molecule has 3 N–H and O–H groups in total. The number of aryl methyl sites for hydroxylation is 1. The molecule has 0 saturated heterocycles. The molecule has 1 aliphatic rings. The largest absolute Gasteiger partial charge is 0.443 e. The summed E-state index contributed by atoms with van der Waals surface area (Å²) >= 11 is 0. The predicted molar refractivity (Wildman–Crippen MR) is 144 cm³/mol. The van der Waals surface area contributed by atoms with E-state index in [1.165, 1.54) is 45.8 Å². The van der Waals surface area contributed by atoms with Crippen molar-refractivity contribution >= 4 is 35.0 Å². The fraction of sp³-hybridized carbons (Fsp3) is 0.385. The number of rotatable bonds is 6. The molecular weight excluding hydrogens is 520 g/mol. The van der Waals surface area contributed by atoms with Crippen LogP contribution in [0.3, 0.4) is 0 Å². The number of pyridine rings is 1. The van der Waals surface area contributed by atoms with Crippen molar-refractivity contribution in [3.63, 3.8) is 0 Å². The third-order valence-electron chi connectivity index (χ3n) is 6.29. The van der Waals surface area contributed by atoms with Crippen molar-refractivity contribution in [1.82, 2.24) is 29.5 Å². The number of carbonyl (C=O) groups is 2. The van der Waals surface area contributed by atoms with Crippen molar-refractivity contribution in [3.05, 3.63) is 58.5 Å². The van der Waals surface area contributed by atoms with Crippen molar-refractivity contribution in [3.8, 4) is 6.01 Å². The van der Waals surface area contributed by atoms with Gasteiger partial charge < -0.3 is 24.9 Å². The number of amides is 2. The standard InChI is InChI=1S/C26H30N8O6/c1-14-13-39-24(28-14)33-10-6-7-17(23(33)37)29-19-11-20(32(5)25(38)40-26(2,3)4)34-21(31-19)15(12-27-34)22(36)30-16-8-9-18(16)35/h6-7,10-13,16,18,35H,8-9H2,1-5H3,(H,29,31)(H,30,36)/t16-,18-/m1/s1. The van der Waals surface area contributed by atoms with Crippen LogP contribution in [0, 0.1) is 6.92 Å². The van der Waals surface area contributed by atoms with Crippen LogP contribution >= 0.6 is 0 Å². The molecule has 0 aliphatic heterocycles. The van der Waals surface area contributed by atoms with Gasteiger partial charge in [-0.1, -0.05) is 0 Å². The second kappa shape index (κ2) is 10.1. The number of aliphatic hydroxyl groups excluding tert-OH is 1. The van der Waals surface area contributed by atoms with E-state index in [2.05, 4.69) is 25.7 Å². The molecule has 210 valence electrons. The lowest BCUT2D eigenvalue weighted by Crippen LogP contribution is -2.50. The third-order valence-corrected chi connectivity index (χ3v) is 6.29. The maximum Gasteiger partial charge on any atom is 0.415 e. The molecule has 5 rings (SSSR count). The van der Waals surface area contributed by atoms with E-state index < -0.39 is 29.3 Å². The van der Waals surface area contributed by atoms with Gasteiger partial charge in [-0.2, -0.15) is 14.6 Å². The van der Waals surface area contributed by atoms with Gasteiger partial charge in [0.1, 0.15) is 34.8 Å². The Morgan fingerprint density at radius 1 is 1.25 bits per heavy atom. The van der Waals surface area contributed by atoms with Crippen LogP contribution in [0.1, 0.15) is 49.7 Å². The number of aliphatic hydroxyl groups is 1. The summed E-state index contributed by atoms with van der Waals surface area (Å²) in [7, 11) is 1.50. The summed E-state index contributed by atoms with van der Waals surface area (Å²) in [5, 5.41) is 20.0. The van der Waals surface area contributed by atoms with Gasteiger partial charge >= 0.3 is 12.1 Å². The van der Waals surface area contributed by atoms with Crippen LogP contribution in [-0.4, -0.2) is 66.1 Å². The van der Waals surface area contributed by atoms with Crippen molar-refractivity contribution in [2.75, 3.05) is 17.3 Å². The molecule has 1 fully saturated rings. The molecular formula is C26H30N8O6. The van der Waals surface area contributed by atoms with Crippen LogP contribution in [0.4, 0.5) is 22.1 Å². The molecule has 0 bridgehead atoms. The molecule has 0 spiro atoms. The zero-order valence-corrected chi connectivity index (χ0v) is 22.7. The highest BCUT2D eigenvalue weighted by Crippen LogP contribution is 2.26. The van der Waals surface area contributed by atoms with Gasteiger partial charge in [-0.15, -0.1) is 0 Å². The number of fused-ring (bicyclic) bond motifs is 1. The van der Waals surface area contributed by atoms with Crippen LogP contribution in [0.25, 0.3) is 11.7 Å². The predicted octanol–water partition coefficient (Wildman–Crippen LogP) is 2.54. The van der Waals surface area contributed by atoms with Gasteiger partial charge in [0.2, 0.25) is 0 Å². The minimum absolute atomic E-state index is 0.104. The highest BCUT2D eigenvalue weighted by Gasteiger charge is 2.32. The Morgan fingerprint density at radius 3 is 2.65 bits per heavy atom. The monoisotopic (exact) mass is 550 g/mol. The van der Waals surface area contributed by atoms with Crippen LogP contribution in [-0.2, 0) is 4.74 Å². The lowest BCUT2D eigenvalue weighted by Gasteiger charge is -2.32. The zero-order valence-electron chi connectivity index (χ0n) is 22.7. The fourth-order valence-corrected chi connectivity index (χ4v) is 4.06. The van der Waals surface area contributed by atoms with Crippen molar-refractivity contribution in [2.24, 2.45) is 0 Å². The summed E-state index contributed by atoms with van der Waals surface area (Å²) in [6, 6.07) is 4.44.